The Balaban J connectivity index is 2.03. The van der Waals surface area contributed by atoms with E-state index < -0.39 is 11.4 Å². The SMILES string of the molecule is CCN(C(=O)CC1(C(=O)O)CCCCC1)C1CC1. The number of aliphatic carboxylic acids is 1. The minimum Gasteiger partial charge on any atom is -0.481 e. The molecule has 2 aliphatic rings. The summed E-state index contributed by atoms with van der Waals surface area (Å²) in [5, 5.41) is 9.48. The van der Waals surface area contributed by atoms with Crippen LogP contribution >= 0.6 is 0 Å². The number of hydrogen-bond donors (Lipinski definition) is 1. The van der Waals surface area contributed by atoms with Crippen molar-refractivity contribution >= 4 is 11.9 Å². The third-order valence-corrected chi connectivity index (χ3v) is 4.40. The Labute approximate surface area is 108 Å². The van der Waals surface area contributed by atoms with Crippen molar-refractivity contribution < 1.29 is 14.7 Å². The van der Waals surface area contributed by atoms with Gasteiger partial charge in [-0.25, -0.2) is 0 Å². The lowest BCUT2D eigenvalue weighted by Crippen LogP contribution is -2.41. The van der Waals surface area contributed by atoms with E-state index in [9.17, 15) is 14.7 Å². The van der Waals surface area contributed by atoms with Crippen molar-refractivity contribution in [3.8, 4) is 0 Å². The molecule has 2 aliphatic carbocycles. The number of hydrogen-bond acceptors (Lipinski definition) is 2. The highest BCUT2D eigenvalue weighted by molar-refractivity contribution is 5.85. The number of rotatable bonds is 5. The quantitative estimate of drug-likeness (QED) is 0.818. The highest BCUT2D eigenvalue weighted by Gasteiger charge is 2.43. The number of carbonyl (C=O) groups is 2. The zero-order valence-corrected chi connectivity index (χ0v) is 11.2. The lowest BCUT2D eigenvalue weighted by molar-refractivity contribution is -0.156. The van der Waals surface area contributed by atoms with Crippen LogP contribution in [-0.4, -0.2) is 34.5 Å². The van der Waals surface area contributed by atoms with Gasteiger partial charge < -0.3 is 10.0 Å². The number of carbonyl (C=O) groups excluding carboxylic acids is 1. The van der Waals surface area contributed by atoms with Crippen molar-refractivity contribution in [1.29, 1.82) is 0 Å². The molecule has 0 heterocycles. The van der Waals surface area contributed by atoms with Gasteiger partial charge in [0.05, 0.1) is 5.41 Å². The molecule has 1 N–H and O–H groups in total. The van der Waals surface area contributed by atoms with Crippen LogP contribution in [0.5, 0.6) is 0 Å². The average molecular weight is 253 g/mol. The van der Waals surface area contributed by atoms with Crippen LogP contribution in [0.4, 0.5) is 0 Å². The predicted octanol–water partition coefficient (Wildman–Crippen LogP) is 2.42. The molecule has 4 nitrogen and oxygen atoms in total. The lowest BCUT2D eigenvalue weighted by Gasteiger charge is -2.34. The maximum atomic E-state index is 12.3. The summed E-state index contributed by atoms with van der Waals surface area (Å²) in [5.74, 6) is -0.730. The predicted molar refractivity (Wildman–Crippen MR) is 68.2 cm³/mol. The third-order valence-electron chi connectivity index (χ3n) is 4.40. The molecule has 0 aromatic rings. The van der Waals surface area contributed by atoms with Gasteiger partial charge in [-0.2, -0.15) is 0 Å². The van der Waals surface area contributed by atoms with Crippen molar-refractivity contribution in [2.75, 3.05) is 6.54 Å². The average Bonchev–Trinajstić information content (AvgIpc) is 3.15. The highest BCUT2D eigenvalue weighted by Crippen LogP contribution is 2.41. The van der Waals surface area contributed by atoms with Crippen molar-refractivity contribution in [1.82, 2.24) is 4.90 Å². The van der Waals surface area contributed by atoms with E-state index in [2.05, 4.69) is 0 Å². The summed E-state index contributed by atoms with van der Waals surface area (Å²) in [6, 6.07) is 0.386. The molecule has 4 heteroatoms. The molecule has 0 radical (unpaired) electrons. The normalized spacial score (nSPS) is 22.5. The highest BCUT2D eigenvalue weighted by atomic mass is 16.4. The maximum absolute atomic E-state index is 12.3. The van der Waals surface area contributed by atoms with E-state index in [1.54, 1.807) is 0 Å². The summed E-state index contributed by atoms with van der Waals surface area (Å²) in [5.41, 5.74) is -0.780. The second-order valence-electron chi connectivity index (χ2n) is 5.73. The molecular formula is C14H23NO3. The Hall–Kier alpha value is -1.06. The first kappa shape index (κ1) is 13.4. The van der Waals surface area contributed by atoms with Gasteiger partial charge in [0.25, 0.3) is 0 Å². The lowest BCUT2D eigenvalue weighted by atomic mass is 9.71. The van der Waals surface area contributed by atoms with E-state index in [-0.39, 0.29) is 12.3 Å². The molecule has 18 heavy (non-hydrogen) atoms. The Morgan fingerprint density at radius 3 is 2.28 bits per heavy atom. The number of carboxylic acids is 1. The first-order chi connectivity index (χ1) is 8.59. The minimum absolute atomic E-state index is 0.0456. The maximum Gasteiger partial charge on any atom is 0.310 e. The van der Waals surface area contributed by atoms with Gasteiger partial charge in [0.1, 0.15) is 0 Å². The van der Waals surface area contributed by atoms with E-state index in [0.29, 0.717) is 25.4 Å². The molecular weight excluding hydrogens is 230 g/mol. The zero-order chi connectivity index (χ0) is 13.2. The largest absolute Gasteiger partial charge is 0.481 e. The van der Waals surface area contributed by atoms with Gasteiger partial charge in [0, 0.05) is 19.0 Å². The van der Waals surface area contributed by atoms with Gasteiger partial charge in [-0.15, -0.1) is 0 Å². The third kappa shape index (κ3) is 2.68. The van der Waals surface area contributed by atoms with E-state index in [1.807, 2.05) is 11.8 Å². The Bertz CT molecular complexity index is 330. The van der Waals surface area contributed by atoms with Crippen molar-refractivity contribution in [2.45, 2.75) is 64.3 Å². The molecule has 0 spiro atoms. The topological polar surface area (TPSA) is 57.6 Å². The Morgan fingerprint density at radius 2 is 1.83 bits per heavy atom. The fraction of sp³-hybridized carbons (Fsp3) is 0.857. The fourth-order valence-corrected chi connectivity index (χ4v) is 3.11. The fourth-order valence-electron chi connectivity index (χ4n) is 3.11. The number of nitrogens with zero attached hydrogens (tertiary/aromatic N) is 1. The van der Waals surface area contributed by atoms with Crippen molar-refractivity contribution in [3.63, 3.8) is 0 Å². The second-order valence-corrected chi connectivity index (χ2v) is 5.73. The van der Waals surface area contributed by atoms with Gasteiger partial charge in [-0.1, -0.05) is 19.3 Å². The van der Waals surface area contributed by atoms with Crippen LogP contribution in [0.3, 0.4) is 0 Å². The van der Waals surface area contributed by atoms with Crippen LogP contribution in [0.2, 0.25) is 0 Å². The monoisotopic (exact) mass is 253 g/mol. The van der Waals surface area contributed by atoms with E-state index in [4.69, 9.17) is 0 Å². The molecule has 2 saturated carbocycles. The van der Waals surface area contributed by atoms with Gasteiger partial charge in [0.15, 0.2) is 0 Å². The van der Waals surface area contributed by atoms with Gasteiger partial charge >= 0.3 is 5.97 Å². The van der Waals surface area contributed by atoms with Crippen LogP contribution in [-0.2, 0) is 9.59 Å². The van der Waals surface area contributed by atoms with Crippen molar-refractivity contribution in [3.05, 3.63) is 0 Å². The van der Waals surface area contributed by atoms with Crippen LogP contribution in [0, 0.1) is 5.41 Å². The zero-order valence-electron chi connectivity index (χ0n) is 11.2. The second kappa shape index (κ2) is 5.29. The summed E-state index contributed by atoms with van der Waals surface area (Å²) in [6.07, 6.45) is 6.67. The van der Waals surface area contributed by atoms with Gasteiger partial charge in [-0.3, -0.25) is 9.59 Å². The molecule has 0 bridgehead atoms. The Kier molecular flexibility index (Phi) is 3.93. The molecule has 0 saturated heterocycles. The van der Waals surface area contributed by atoms with Gasteiger partial charge in [-0.05, 0) is 32.6 Å². The van der Waals surface area contributed by atoms with E-state index >= 15 is 0 Å². The number of amides is 1. The molecule has 1 amide bonds. The molecule has 2 fully saturated rings. The van der Waals surface area contributed by atoms with Gasteiger partial charge in [0.2, 0.25) is 5.91 Å². The summed E-state index contributed by atoms with van der Waals surface area (Å²) < 4.78 is 0. The molecule has 0 atom stereocenters. The molecule has 0 aliphatic heterocycles. The summed E-state index contributed by atoms with van der Waals surface area (Å²) >= 11 is 0. The summed E-state index contributed by atoms with van der Waals surface area (Å²) in [6.45, 7) is 2.68. The molecule has 0 unspecified atom stereocenters. The van der Waals surface area contributed by atoms with Crippen LogP contribution in [0.15, 0.2) is 0 Å². The van der Waals surface area contributed by atoms with Crippen LogP contribution < -0.4 is 0 Å². The smallest absolute Gasteiger partial charge is 0.310 e. The summed E-state index contributed by atoms with van der Waals surface area (Å²) in [4.78, 5) is 25.7. The van der Waals surface area contributed by atoms with Crippen LogP contribution in [0.25, 0.3) is 0 Å². The molecule has 0 aromatic heterocycles. The molecule has 2 rings (SSSR count). The summed E-state index contributed by atoms with van der Waals surface area (Å²) in [7, 11) is 0. The Morgan fingerprint density at radius 1 is 1.22 bits per heavy atom. The minimum atomic E-state index is -0.780. The first-order valence-electron chi connectivity index (χ1n) is 7.12. The van der Waals surface area contributed by atoms with E-state index in [0.717, 1.165) is 32.1 Å². The van der Waals surface area contributed by atoms with Crippen molar-refractivity contribution in [2.24, 2.45) is 5.41 Å². The number of carboxylic acid groups (broad SMARTS) is 1. The molecule has 0 aromatic carbocycles. The van der Waals surface area contributed by atoms with Crippen LogP contribution in [0.1, 0.15) is 58.3 Å². The first-order valence-corrected chi connectivity index (χ1v) is 7.12. The van der Waals surface area contributed by atoms with E-state index in [1.165, 1.54) is 0 Å². The standard InChI is InChI=1S/C14H23NO3/c1-2-15(11-6-7-11)12(16)10-14(13(17)18)8-4-3-5-9-14/h11H,2-10H2,1H3,(H,17,18). The molecule has 102 valence electrons.